The smallest absolute Gasteiger partial charge is 0.120 e. The minimum Gasteiger partial charge on any atom is -0.494 e. The summed E-state index contributed by atoms with van der Waals surface area (Å²) in [6.45, 7) is 3.36. The number of H-pyrrole nitrogens is 1. The normalized spacial score (nSPS) is 11.2. The van der Waals surface area contributed by atoms with Crippen LogP contribution in [0.5, 0.6) is 5.75 Å². The van der Waals surface area contributed by atoms with Crippen LogP contribution in [-0.2, 0) is 6.42 Å². The van der Waals surface area contributed by atoms with Gasteiger partial charge in [0.05, 0.1) is 12.3 Å². The van der Waals surface area contributed by atoms with E-state index in [1.807, 2.05) is 25.1 Å². The third kappa shape index (κ3) is 4.02. The van der Waals surface area contributed by atoms with Crippen LogP contribution >= 0.6 is 27.5 Å². The van der Waals surface area contributed by atoms with E-state index >= 15 is 0 Å². The largest absolute Gasteiger partial charge is 0.494 e. The molecule has 0 aliphatic rings. The van der Waals surface area contributed by atoms with E-state index in [0.717, 1.165) is 51.3 Å². The number of benzene rings is 2. The van der Waals surface area contributed by atoms with E-state index in [9.17, 15) is 0 Å². The number of unbranched alkanes of at least 4 members (excludes halogenated alkanes) is 1. The van der Waals surface area contributed by atoms with Crippen molar-refractivity contribution in [3.63, 3.8) is 0 Å². The number of hydrogen-bond donors (Lipinski definition) is 2. The van der Waals surface area contributed by atoms with Crippen LogP contribution in [-0.4, -0.2) is 18.1 Å². The molecule has 3 aromatic rings. The SMILES string of the molecule is CCOc1ccc2[nH]c(-c3cc(Br)ccc3Cl)c(CCCCN)c2c1. The molecular formula is C20H22BrClN2O. The molecule has 0 saturated carbocycles. The molecule has 3 nitrogen and oxygen atoms in total. The Morgan fingerprint density at radius 3 is 2.76 bits per heavy atom. The number of fused-ring (bicyclic) bond motifs is 1. The average Bonchev–Trinajstić information content (AvgIpc) is 2.96. The monoisotopic (exact) mass is 420 g/mol. The fourth-order valence-electron chi connectivity index (χ4n) is 3.11. The molecule has 3 rings (SSSR count). The predicted octanol–water partition coefficient (Wildman–Crippen LogP) is 5.93. The highest BCUT2D eigenvalue weighted by atomic mass is 79.9. The molecule has 0 atom stereocenters. The lowest BCUT2D eigenvalue weighted by Gasteiger charge is -2.08. The van der Waals surface area contributed by atoms with Crippen molar-refractivity contribution in [2.24, 2.45) is 5.73 Å². The van der Waals surface area contributed by atoms with E-state index in [1.165, 1.54) is 10.9 Å². The van der Waals surface area contributed by atoms with Gasteiger partial charge in [0.1, 0.15) is 5.75 Å². The van der Waals surface area contributed by atoms with Crippen molar-refractivity contribution < 1.29 is 4.74 Å². The molecule has 0 fully saturated rings. The van der Waals surface area contributed by atoms with Gasteiger partial charge in [0.25, 0.3) is 0 Å². The highest BCUT2D eigenvalue weighted by molar-refractivity contribution is 9.10. The summed E-state index contributed by atoms with van der Waals surface area (Å²) in [4.78, 5) is 3.55. The Hall–Kier alpha value is -1.49. The molecule has 0 bridgehead atoms. The zero-order valence-electron chi connectivity index (χ0n) is 14.2. The van der Waals surface area contributed by atoms with Crippen LogP contribution in [0.1, 0.15) is 25.3 Å². The second-order valence-corrected chi connectivity index (χ2v) is 7.31. The predicted molar refractivity (Wildman–Crippen MR) is 110 cm³/mol. The maximum Gasteiger partial charge on any atom is 0.120 e. The van der Waals surface area contributed by atoms with Crippen molar-refractivity contribution in [1.29, 1.82) is 0 Å². The number of aromatic amines is 1. The zero-order chi connectivity index (χ0) is 17.8. The molecule has 0 saturated heterocycles. The molecule has 0 amide bonds. The molecule has 0 aliphatic carbocycles. The molecule has 0 aliphatic heterocycles. The first-order valence-electron chi connectivity index (χ1n) is 8.57. The quantitative estimate of drug-likeness (QED) is 0.464. The average molecular weight is 422 g/mol. The highest BCUT2D eigenvalue weighted by Gasteiger charge is 2.16. The molecule has 1 heterocycles. The van der Waals surface area contributed by atoms with E-state index in [-0.39, 0.29) is 0 Å². The van der Waals surface area contributed by atoms with Gasteiger partial charge in [-0.3, -0.25) is 0 Å². The number of aromatic nitrogens is 1. The second-order valence-electron chi connectivity index (χ2n) is 5.99. The van der Waals surface area contributed by atoms with Crippen molar-refractivity contribution in [2.45, 2.75) is 26.2 Å². The number of nitrogens with two attached hydrogens (primary N) is 1. The summed E-state index contributed by atoms with van der Waals surface area (Å²) in [6, 6.07) is 12.1. The van der Waals surface area contributed by atoms with E-state index in [1.54, 1.807) is 0 Å². The highest BCUT2D eigenvalue weighted by Crippen LogP contribution is 2.37. The summed E-state index contributed by atoms with van der Waals surface area (Å²) in [6.07, 6.45) is 3.00. The Morgan fingerprint density at radius 2 is 2.00 bits per heavy atom. The number of hydrogen-bond acceptors (Lipinski definition) is 2. The molecule has 25 heavy (non-hydrogen) atoms. The van der Waals surface area contributed by atoms with Gasteiger partial charge in [0.15, 0.2) is 0 Å². The van der Waals surface area contributed by atoms with Crippen molar-refractivity contribution in [3.8, 4) is 17.0 Å². The Bertz CT molecular complexity index is 876. The Kier molecular flexibility index (Phi) is 6.05. The Balaban J connectivity index is 2.15. The van der Waals surface area contributed by atoms with Gasteiger partial charge in [-0.1, -0.05) is 27.5 Å². The van der Waals surface area contributed by atoms with E-state index < -0.39 is 0 Å². The van der Waals surface area contributed by atoms with Gasteiger partial charge in [0, 0.05) is 26.0 Å². The number of nitrogens with one attached hydrogen (secondary N) is 1. The van der Waals surface area contributed by atoms with Crippen molar-refractivity contribution in [3.05, 3.63) is 51.5 Å². The zero-order valence-corrected chi connectivity index (χ0v) is 16.6. The van der Waals surface area contributed by atoms with E-state index in [2.05, 4.69) is 39.1 Å². The van der Waals surface area contributed by atoms with Crippen LogP contribution in [0.25, 0.3) is 22.2 Å². The van der Waals surface area contributed by atoms with E-state index in [0.29, 0.717) is 13.2 Å². The first-order chi connectivity index (χ1) is 12.1. The van der Waals surface area contributed by atoms with Crippen molar-refractivity contribution in [2.75, 3.05) is 13.2 Å². The molecule has 5 heteroatoms. The van der Waals surface area contributed by atoms with Gasteiger partial charge in [-0.15, -0.1) is 0 Å². The van der Waals surface area contributed by atoms with Gasteiger partial charge < -0.3 is 15.5 Å². The Morgan fingerprint density at radius 1 is 1.16 bits per heavy atom. The summed E-state index contributed by atoms with van der Waals surface area (Å²) < 4.78 is 6.69. The summed E-state index contributed by atoms with van der Waals surface area (Å²) in [5.41, 5.74) is 10.1. The van der Waals surface area contributed by atoms with Gasteiger partial charge in [-0.2, -0.15) is 0 Å². The second kappa shape index (κ2) is 8.26. The summed E-state index contributed by atoms with van der Waals surface area (Å²) >= 11 is 10.0. The molecule has 0 unspecified atom stereocenters. The lowest BCUT2D eigenvalue weighted by molar-refractivity contribution is 0.340. The lowest BCUT2D eigenvalue weighted by Crippen LogP contribution is -1.99. The van der Waals surface area contributed by atoms with E-state index in [4.69, 9.17) is 22.1 Å². The summed E-state index contributed by atoms with van der Waals surface area (Å²) in [5, 5.41) is 1.92. The number of halogens is 2. The van der Waals surface area contributed by atoms with Crippen LogP contribution in [0.4, 0.5) is 0 Å². The van der Waals surface area contributed by atoms with Gasteiger partial charge in [-0.25, -0.2) is 0 Å². The fourth-order valence-corrected chi connectivity index (χ4v) is 3.68. The molecular weight excluding hydrogens is 400 g/mol. The molecule has 3 N–H and O–H groups in total. The minimum atomic E-state index is 0.656. The third-order valence-corrected chi connectivity index (χ3v) is 5.09. The number of rotatable bonds is 7. The van der Waals surface area contributed by atoms with Crippen LogP contribution in [0.2, 0.25) is 5.02 Å². The first-order valence-corrected chi connectivity index (χ1v) is 9.74. The van der Waals surface area contributed by atoms with Crippen LogP contribution in [0.3, 0.4) is 0 Å². The molecule has 132 valence electrons. The van der Waals surface area contributed by atoms with Crippen LogP contribution < -0.4 is 10.5 Å². The van der Waals surface area contributed by atoms with Gasteiger partial charge >= 0.3 is 0 Å². The first kappa shape index (κ1) is 18.3. The van der Waals surface area contributed by atoms with Crippen LogP contribution in [0, 0.1) is 0 Å². The standard InChI is InChI=1S/C20H22BrClN2O/c1-2-25-14-7-9-19-16(12-14)15(5-3-4-10-23)20(24-19)17-11-13(21)6-8-18(17)22/h6-9,11-12,24H,2-5,10,23H2,1H3. The van der Waals surface area contributed by atoms with Crippen molar-refractivity contribution in [1.82, 2.24) is 4.98 Å². The van der Waals surface area contributed by atoms with Crippen molar-refractivity contribution >= 4 is 38.4 Å². The van der Waals surface area contributed by atoms with Gasteiger partial charge in [-0.05, 0) is 74.7 Å². The van der Waals surface area contributed by atoms with Crippen LogP contribution in [0.15, 0.2) is 40.9 Å². The Labute approximate surface area is 161 Å². The maximum atomic E-state index is 6.49. The summed E-state index contributed by atoms with van der Waals surface area (Å²) in [5.74, 6) is 0.890. The third-order valence-electron chi connectivity index (χ3n) is 4.27. The number of ether oxygens (including phenoxy) is 1. The number of aryl methyl sites for hydroxylation is 1. The molecule has 1 aromatic heterocycles. The maximum absolute atomic E-state index is 6.49. The topological polar surface area (TPSA) is 51.0 Å². The molecule has 0 radical (unpaired) electrons. The molecule has 2 aromatic carbocycles. The minimum absolute atomic E-state index is 0.656. The van der Waals surface area contributed by atoms with Gasteiger partial charge in [0.2, 0.25) is 0 Å². The fraction of sp³-hybridized carbons (Fsp3) is 0.300. The lowest BCUT2D eigenvalue weighted by atomic mass is 10.00. The summed E-state index contributed by atoms with van der Waals surface area (Å²) in [7, 11) is 0. The molecule has 0 spiro atoms.